The average molecular weight is 394 g/mol. The summed E-state index contributed by atoms with van der Waals surface area (Å²) in [5.74, 6) is -0.679. The van der Waals surface area contributed by atoms with E-state index in [0.29, 0.717) is 5.75 Å². The molecule has 3 N–H and O–H groups in total. The van der Waals surface area contributed by atoms with Crippen molar-refractivity contribution >= 4 is 27.6 Å². The Bertz CT molecular complexity index is 958. The first-order valence-electron chi connectivity index (χ1n) is 7.56. The lowest BCUT2D eigenvalue weighted by Crippen LogP contribution is -2.21. The van der Waals surface area contributed by atoms with E-state index >= 15 is 0 Å². The van der Waals surface area contributed by atoms with Crippen LogP contribution in [0.5, 0.6) is 11.5 Å². The lowest BCUT2D eigenvalue weighted by Gasteiger charge is -2.11. The molecule has 1 amide bonds. The maximum Gasteiger partial charge on any atom is 0.342 e. The van der Waals surface area contributed by atoms with Crippen LogP contribution in [-0.2, 0) is 19.6 Å². The van der Waals surface area contributed by atoms with Crippen LogP contribution in [0.15, 0.2) is 47.4 Å². The van der Waals surface area contributed by atoms with Crippen molar-refractivity contribution in [1.29, 1.82) is 0 Å². The van der Waals surface area contributed by atoms with E-state index in [1.165, 1.54) is 50.6 Å². The Balaban J connectivity index is 2.01. The highest BCUT2D eigenvalue weighted by Crippen LogP contribution is 2.25. The lowest BCUT2D eigenvalue weighted by molar-refractivity contribution is -0.119. The first-order valence-corrected chi connectivity index (χ1v) is 9.11. The maximum absolute atomic E-state index is 12.1. The zero-order valence-electron chi connectivity index (χ0n) is 14.6. The predicted molar refractivity (Wildman–Crippen MR) is 96.3 cm³/mol. The number of esters is 1. The van der Waals surface area contributed by atoms with Gasteiger partial charge in [0.2, 0.25) is 10.0 Å². The topological polar surface area (TPSA) is 134 Å². The molecule has 0 saturated carbocycles. The summed E-state index contributed by atoms with van der Waals surface area (Å²) < 4.78 is 37.8. The van der Waals surface area contributed by atoms with E-state index in [9.17, 15) is 18.0 Å². The fourth-order valence-corrected chi connectivity index (χ4v) is 2.68. The van der Waals surface area contributed by atoms with E-state index in [-0.39, 0.29) is 21.9 Å². The minimum Gasteiger partial charge on any atom is -0.497 e. The van der Waals surface area contributed by atoms with E-state index in [4.69, 9.17) is 19.3 Å². The van der Waals surface area contributed by atoms with Gasteiger partial charge in [-0.25, -0.2) is 18.4 Å². The third-order valence-corrected chi connectivity index (χ3v) is 4.32. The van der Waals surface area contributed by atoms with Crippen molar-refractivity contribution in [3.63, 3.8) is 0 Å². The minimum absolute atomic E-state index is 0.127. The predicted octanol–water partition coefficient (Wildman–Crippen LogP) is 1.15. The number of ether oxygens (including phenoxy) is 3. The monoisotopic (exact) mass is 394 g/mol. The van der Waals surface area contributed by atoms with Gasteiger partial charge in [0, 0.05) is 11.8 Å². The fraction of sp³-hybridized carbons (Fsp3) is 0.176. The standard InChI is InChI=1S/C17H18N2O7S/c1-24-12-6-7-14(15(9-12)25-2)17(21)26-10-16(20)19-11-4-3-5-13(8-11)27(18,22)23/h3-9H,10H2,1-2H3,(H,19,20)(H2,18,22,23). The van der Waals surface area contributed by atoms with Gasteiger partial charge in [0.15, 0.2) is 6.61 Å². The van der Waals surface area contributed by atoms with Gasteiger partial charge < -0.3 is 19.5 Å². The van der Waals surface area contributed by atoms with Crippen LogP contribution >= 0.6 is 0 Å². The zero-order chi connectivity index (χ0) is 20.0. The van der Waals surface area contributed by atoms with Crippen molar-refractivity contribution < 1.29 is 32.2 Å². The van der Waals surface area contributed by atoms with E-state index in [1.807, 2.05) is 0 Å². The van der Waals surface area contributed by atoms with Crippen molar-refractivity contribution in [3.05, 3.63) is 48.0 Å². The first-order chi connectivity index (χ1) is 12.7. The molecule has 144 valence electrons. The molecule has 0 aliphatic rings. The molecule has 27 heavy (non-hydrogen) atoms. The molecule has 0 aliphatic carbocycles. The number of methoxy groups -OCH3 is 2. The molecule has 0 aromatic heterocycles. The SMILES string of the molecule is COc1ccc(C(=O)OCC(=O)Nc2cccc(S(N)(=O)=O)c2)c(OC)c1. The van der Waals surface area contributed by atoms with Gasteiger partial charge in [-0.05, 0) is 30.3 Å². The van der Waals surface area contributed by atoms with E-state index in [0.717, 1.165) is 0 Å². The molecule has 10 heteroatoms. The molecule has 0 heterocycles. The summed E-state index contributed by atoms with van der Waals surface area (Å²) in [5.41, 5.74) is 0.326. The minimum atomic E-state index is -3.90. The van der Waals surface area contributed by atoms with Gasteiger partial charge in [-0.3, -0.25) is 4.79 Å². The van der Waals surface area contributed by atoms with Crippen LogP contribution in [0.2, 0.25) is 0 Å². The number of anilines is 1. The number of nitrogens with one attached hydrogen (secondary N) is 1. The second kappa shape index (κ2) is 8.52. The number of carbonyl (C=O) groups is 2. The van der Waals surface area contributed by atoms with Crippen molar-refractivity contribution in [3.8, 4) is 11.5 Å². The number of rotatable bonds is 7. The Morgan fingerprint density at radius 3 is 2.44 bits per heavy atom. The van der Waals surface area contributed by atoms with Crippen LogP contribution in [0.1, 0.15) is 10.4 Å². The lowest BCUT2D eigenvalue weighted by atomic mass is 10.2. The highest BCUT2D eigenvalue weighted by molar-refractivity contribution is 7.89. The number of benzene rings is 2. The fourth-order valence-electron chi connectivity index (χ4n) is 2.12. The van der Waals surface area contributed by atoms with Gasteiger partial charge in [0.05, 0.1) is 19.1 Å². The Morgan fingerprint density at radius 1 is 1.07 bits per heavy atom. The van der Waals surface area contributed by atoms with Crippen molar-refractivity contribution in [1.82, 2.24) is 0 Å². The highest BCUT2D eigenvalue weighted by Gasteiger charge is 2.16. The van der Waals surface area contributed by atoms with Crippen molar-refractivity contribution in [2.75, 3.05) is 26.1 Å². The Kier molecular flexibility index (Phi) is 6.37. The Hall–Kier alpha value is -3.11. The molecule has 0 saturated heterocycles. The van der Waals surface area contributed by atoms with Crippen LogP contribution < -0.4 is 19.9 Å². The number of sulfonamides is 1. The molecular weight excluding hydrogens is 376 g/mol. The van der Waals surface area contributed by atoms with Gasteiger partial charge in [-0.2, -0.15) is 0 Å². The normalized spacial score (nSPS) is 10.8. The van der Waals surface area contributed by atoms with Crippen LogP contribution in [0.3, 0.4) is 0 Å². The summed E-state index contributed by atoms with van der Waals surface area (Å²) in [7, 11) is -1.04. The van der Waals surface area contributed by atoms with E-state index in [1.54, 1.807) is 6.07 Å². The van der Waals surface area contributed by atoms with Crippen LogP contribution in [-0.4, -0.2) is 41.1 Å². The molecule has 2 aromatic rings. The molecule has 0 fully saturated rings. The molecule has 0 aliphatic heterocycles. The smallest absolute Gasteiger partial charge is 0.342 e. The number of nitrogens with two attached hydrogens (primary N) is 1. The van der Waals surface area contributed by atoms with Gasteiger partial charge in [-0.15, -0.1) is 0 Å². The first kappa shape index (κ1) is 20.2. The molecule has 2 rings (SSSR count). The third-order valence-electron chi connectivity index (χ3n) is 3.41. The van der Waals surface area contributed by atoms with Crippen molar-refractivity contribution in [2.45, 2.75) is 4.90 Å². The van der Waals surface area contributed by atoms with Gasteiger partial charge in [-0.1, -0.05) is 6.07 Å². The number of carbonyl (C=O) groups excluding carboxylic acids is 2. The van der Waals surface area contributed by atoms with Crippen LogP contribution in [0, 0.1) is 0 Å². The van der Waals surface area contributed by atoms with Crippen molar-refractivity contribution in [2.24, 2.45) is 5.14 Å². The summed E-state index contributed by atoms with van der Waals surface area (Å²) >= 11 is 0. The quantitative estimate of drug-likeness (QED) is 0.673. The Labute approximate surface area is 156 Å². The number of hydrogen-bond acceptors (Lipinski definition) is 7. The summed E-state index contributed by atoms with van der Waals surface area (Å²) in [6.07, 6.45) is 0. The molecular formula is C17H18N2O7S. The van der Waals surface area contributed by atoms with E-state index in [2.05, 4.69) is 5.32 Å². The Morgan fingerprint density at radius 2 is 1.81 bits per heavy atom. The summed E-state index contributed by atoms with van der Waals surface area (Å²) in [6.45, 7) is -0.576. The molecule has 0 atom stereocenters. The van der Waals surface area contributed by atoms with Gasteiger partial charge in [0.25, 0.3) is 5.91 Å². The molecule has 0 spiro atoms. The molecule has 9 nitrogen and oxygen atoms in total. The molecule has 0 bridgehead atoms. The number of hydrogen-bond donors (Lipinski definition) is 2. The maximum atomic E-state index is 12.1. The summed E-state index contributed by atoms with van der Waals surface area (Å²) in [6, 6.07) is 9.90. The summed E-state index contributed by atoms with van der Waals surface area (Å²) in [5, 5.41) is 7.46. The molecule has 0 radical (unpaired) electrons. The van der Waals surface area contributed by atoms with Crippen LogP contribution in [0.4, 0.5) is 5.69 Å². The largest absolute Gasteiger partial charge is 0.497 e. The number of amides is 1. The van der Waals surface area contributed by atoms with Crippen LogP contribution in [0.25, 0.3) is 0 Å². The van der Waals surface area contributed by atoms with E-state index < -0.39 is 28.5 Å². The molecule has 0 unspecified atom stereocenters. The second-order valence-corrected chi connectivity index (χ2v) is 6.82. The zero-order valence-corrected chi connectivity index (χ0v) is 15.4. The number of primary sulfonamides is 1. The second-order valence-electron chi connectivity index (χ2n) is 5.26. The third kappa shape index (κ3) is 5.43. The average Bonchev–Trinajstić information content (AvgIpc) is 2.65. The highest BCUT2D eigenvalue weighted by atomic mass is 32.2. The molecule has 2 aromatic carbocycles. The van der Waals surface area contributed by atoms with Gasteiger partial charge >= 0.3 is 5.97 Å². The van der Waals surface area contributed by atoms with Gasteiger partial charge in [0.1, 0.15) is 17.1 Å². The summed E-state index contributed by atoms with van der Waals surface area (Å²) in [4.78, 5) is 23.9.